The molecule has 4 nitrogen and oxygen atoms in total. The third kappa shape index (κ3) is 6.15. The predicted octanol–water partition coefficient (Wildman–Crippen LogP) is -0.776. The summed E-state index contributed by atoms with van der Waals surface area (Å²) < 4.78 is 4.42. The first kappa shape index (κ1) is 10.7. The van der Waals surface area contributed by atoms with E-state index in [1.165, 1.54) is 7.11 Å². The van der Waals surface area contributed by atoms with Crippen molar-refractivity contribution in [2.24, 2.45) is 0 Å². The smallest absolute Gasteiger partial charge is 0.319 e. The number of rotatable bonds is 5. The van der Waals surface area contributed by atoms with Gasteiger partial charge in [-0.2, -0.15) is 12.6 Å². The lowest BCUT2D eigenvalue weighted by Gasteiger charge is -2.08. The van der Waals surface area contributed by atoms with Crippen LogP contribution in [0.5, 0.6) is 0 Å². The zero-order valence-corrected chi connectivity index (χ0v) is 7.65. The van der Waals surface area contributed by atoms with Crippen molar-refractivity contribution in [2.45, 2.75) is 5.37 Å². The third-order valence-corrected chi connectivity index (χ3v) is 1.61. The van der Waals surface area contributed by atoms with Crippen LogP contribution in [0.4, 0.5) is 0 Å². The molecule has 0 fully saturated rings. The summed E-state index contributed by atoms with van der Waals surface area (Å²) in [7, 11) is 3.16. The molecule has 0 aliphatic rings. The maximum atomic E-state index is 10.6. The summed E-state index contributed by atoms with van der Waals surface area (Å²) in [6.07, 6.45) is 0. The maximum absolute atomic E-state index is 10.6. The zero-order chi connectivity index (χ0) is 8.69. The van der Waals surface area contributed by atoms with E-state index >= 15 is 0 Å². The van der Waals surface area contributed by atoms with Gasteiger partial charge in [-0.3, -0.25) is 4.79 Å². The predicted molar refractivity (Wildman–Crippen MR) is 46.7 cm³/mol. The van der Waals surface area contributed by atoms with Gasteiger partial charge in [0.15, 0.2) is 0 Å². The maximum Gasteiger partial charge on any atom is 0.319 e. The fraction of sp³-hybridized carbons (Fsp3) is 0.833. The van der Waals surface area contributed by atoms with E-state index in [2.05, 4.69) is 28.0 Å². The molecule has 1 unspecified atom stereocenters. The molecular weight excluding hydrogens is 164 g/mol. The molecular formula is C6H14N2O2S. The van der Waals surface area contributed by atoms with Crippen LogP contribution in [0.1, 0.15) is 0 Å². The fourth-order valence-corrected chi connectivity index (χ4v) is 0.614. The lowest BCUT2D eigenvalue weighted by Crippen LogP contribution is -2.35. The summed E-state index contributed by atoms with van der Waals surface area (Å²) in [5.41, 5.74) is 0. The van der Waals surface area contributed by atoms with Crippen LogP contribution in [0.3, 0.4) is 0 Å². The first-order valence-electron chi connectivity index (χ1n) is 3.33. The minimum Gasteiger partial charge on any atom is -0.468 e. The minimum absolute atomic E-state index is 0.0691. The van der Waals surface area contributed by atoms with E-state index in [4.69, 9.17) is 0 Å². The summed E-state index contributed by atoms with van der Waals surface area (Å²) in [6.45, 7) is 0.865. The molecule has 2 N–H and O–H groups in total. The molecule has 66 valence electrons. The molecule has 0 bridgehead atoms. The SMILES string of the molecule is CNC(S)CNCC(=O)OC. The highest BCUT2D eigenvalue weighted by Crippen LogP contribution is 1.83. The Morgan fingerprint density at radius 3 is 2.82 bits per heavy atom. The molecule has 5 heteroatoms. The Kier molecular flexibility index (Phi) is 6.30. The fourth-order valence-electron chi connectivity index (χ4n) is 0.485. The lowest BCUT2D eigenvalue weighted by molar-refractivity contribution is -0.139. The number of methoxy groups -OCH3 is 1. The molecule has 0 amide bonds. The van der Waals surface area contributed by atoms with Crippen LogP contribution in [0, 0.1) is 0 Å². The molecule has 0 aromatic heterocycles. The molecule has 11 heavy (non-hydrogen) atoms. The molecule has 0 saturated carbocycles. The summed E-state index contributed by atoms with van der Waals surface area (Å²) in [4.78, 5) is 10.6. The Balaban J connectivity index is 3.20. The van der Waals surface area contributed by atoms with Crippen molar-refractivity contribution in [2.75, 3.05) is 27.2 Å². The van der Waals surface area contributed by atoms with Crippen LogP contribution in [-0.2, 0) is 9.53 Å². The van der Waals surface area contributed by atoms with Crippen molar-refractivity contribution in [3.63, 3.8) is 0 Å². The number of hydrogen-bond acceptors (Lipinski definition) is 5. The Morgan fingerprint density at radius 2 is 2.36 bits per heavy atom. The number of hydrogen-bond donors (Lipinski definition) is 3. The van der Waals surface area contributed by atoms with Gasteiger partial charge in [0.2, 0.25) is 0 Å². The Bertz CT molecular complexity index is 121. The van der Waals surface area contributed by atoms with E-state index < -0.39 is 0 Å². The van der Waals surface area contributed by atoms with Gasteiger partial charge in [-0.1, -0.05) is 0 Å². The third-order valence-electron chi connectivity index (χ3n) is 1.17. The van der Waals surface area contributed by atoms with Crippen LogP contribution in [0.2, 0.25) is 0 Å². The summed E-state index contributed by atoms with van der Waals surface area (Å²) in [5, 5.41) is 5.85. The molecule has 1 atom stereocenters. The molecule has 0 aromatic carbocycles. The second-order valence-corrected chi connectivity index (χ2v) is 2.63. The molecule has 0 rings (SSSR count). The number of likely N-dealkylation sites (N-methyl/N-ethyl adjacent to an activating group) is 1. The number of nitrogens with one attached hydrogen (secondary N) is 2. The standard InChI is InChI=1S/C6H14N2O2S/c1-7-5(11)3-8-4-6(9)10-2/h5,7-8,11H,3-4H2,1-2H3. The Hall–Kier alpha value is -0.260. The van der Waals surface area contributed by atoms with Crippen LogP contribution in [0.25, 0.3) is 0 Å². The average Bonchev–Trinajstić information content (AvgIpc) is 2.04. The van der Waals surface area contributed by atoms with Crippen molar-refractivity contribution in [3.8, 4) is 0 Å². The van der Waals surface area contributed by atoms with E-state index in [1.807, 2.05) is 0 Å². The van der Waals surface area contributed by atoms with Crippen LogP contribution in [0.15, 0.2) is 0 Å². The number of carbonyl (C=O) groups is 1. The molecule has 0 aliphatic carbocycles. The van der Waals surface area contributed by atoms with Crippen molar-refractivity contribution in [1.29, 1.82) is 0 Å². The largest absolute Gasteiger partial charge is 0.468 e. The van der Waals surface area contributed by atoms with Crippen molar-refractivity contribution in [3.05, 3.63) is 0 Å². The lowest BCUT2D eigenvalue weighted by atomic mass is 10.5. The van der Waals surface area contributed by atoms with Crippen molar-refractivity contribution >= 4 is 18.6 Å². The minimum atomic E-state index is -0.262. The van der Waals surface area contributed by atoms with Gasteiger partial charge in [-0.15, -0.1) is 0 Å². The van der Waals surface area contributed by atoms with Crippen molar-refractivity contribution < 1.29 is 9.53 Å². The van der Waals surface area contributed by atoms with E-state index in [-0.39, 0.29) is 17.9 Å². The van der Waals surface area contributed by atoms with Crippen LogP contribution in [-0.4, -0.2) is 38.6 Å². The van der Waals surface area contributed by atoms with Gasteiger partial charge >= 0.3 is 5.97 Å². The van der Waals surface area contributed by atoms with E-state index in [1.54, 1.807) is 7.05 Å². The molecule has 0 aliphatic heterocycles. The quantitative estimate of drug-likeness (QED) is 0.294. The second kappa shape index (κ2) is 6.45. The van der Waals surface area contributed by atoms with Crippen LogP contribution < -0.4 is 10.6 Å². The van der Waals surface area contributed by atoms with Gasteiger partial charge < -0.3 is 15.4 Å². The van der Waals surface area contributed by atoms with Gasteiger partial charge in [0.25, 0.3) is 0 Å². The summed E-state index contributed by atoms with van der Waals surface area (Å²) in [6, 6.07) is 0. The molecule has 0 heterocycles. The highest BCUT2D eigenvalue weighted by molar-refractivity contribution is 7.80. The topological polar surface area (TPSA) is 50.4 Å². The van der Waals surface area contributed by atoms with Crippen LogP contribution >= 0.6 is 12.6 Å². The van der Waals surface area contributed by atoms with E-state index in [9.17, 15) is 4.79 Å². The molecule has 0 aromatic rings. The second-order valence-electron chi connectivity index (χ2n) is 2.01. The van der Waals surface area contributed by atoms with Gasteiger partial charge in [0, 0.05) is 6.54 Å². The number of ether oxygens (including phenoxy) is 1. The average molecular weight is 178 g/mol. The molecule has 0 radical (unpaired) electrons. The van der Waals surface area contributed by atoms with Gasteiger partial charge in [-0.05, 0) is 7.05 Å². The zero-order valence-electron chi connectivity index (χ0n) is 6.76. The number of thiol groups is 1. The van der Waals surface area contributed by atoms with Crippen molar-refractivity contribution in [1.82, 2.24) is 10.6 Å². The molecule has 0 spiro atoms. The van der Waals surface area contributed by atoms with E-state index in [0.717, 1.165) is 0 Å². The Labute approximate surface area is 72.1 Å². The summed E-state index contributed by atoms with van der Waals surface area (Å²) in [5.74, 6) is -0.262. The number of esters is 1. The normalized spacial score (nSPS) is 12.6. The van der Waals surface area contributed by atoms with E-state index in [0.29, 0.717) is 6.54 Å². The summed E-state index contributed by atoms with van der Waals surface area (Å²) >= 11 is 4.14. The first-order valence-corrected chi connectivity index (χ1v) is 3.85. The highest BCUT2D eigenvalue weighted by atomic mass is 32.1. The monoisotopic (exact) mass is 178 g/mol. The van der Waals surface area contributed by atoms with Gasteiger partial charge in [0.1, 0.15) is 0 Å². The first-order chi connectivity index (χ1) is 5.20. The van der Waals surface area contributed by atoms with Gasteiger partial charge in [-0.25, -0.2) is 0 Å². The molecule has 0 saturated heterocycles. The highest BCUT2D eigenvalue weighted by Gasteiger charge is 2.01. The number of carbonyl (C=O) groups excluding carboxylic acids is 1. The van der Waals surface area contributed by atoms with Gasteiger partial charge in [0.05, 0.1) is 19.0 Å². The Morgan fingerprint density at radius 1 is 1.73 bits per heavy atom.